The molecule has 3 rings (SSSR count). The van der Waals surface area contributed by atoms with Gasteiger partial charge < -0.3 is 14.7 Å². The Labute approximate surface area is 145 Å². The number of nitrogens with zero attached hydrogens (tertiary/aromatic N) is 4. The second-order valence-electron chi connectivity index (χ2n) is 5.67. The van der Waals surface area contributed by atoms with E-state index in [1.807, 2.05) is 23.6 Å². The number of aromatic nitrogens is 1. The van der Waals surface area contributed by atoms with Crippen molar-refractivity contribution in [3.05, 3.63) is 40.4 Å². The second kappa shape index (κ2) is 6.76. The van der Waals surface area contributed by atoms with E-state index in [0.29, 0.717) is 5.69 Å². The molecule has 0 spiro atoms. The number of thiazole rings is 1. The summed E-state index contributed by atoms with van der Waals surface area (Å²) in [7, 11) is 3.48. The molecule has 2 heterocycles. The first kappa shape index (κ1) is 16.1. The second-order valence-corrected chi connectivity index (χ2v) is 6.94. The lowest BCUT2D eigenvalue weighted by molar-refractivity contribution is 0.0823. The zero-order valence-electron chi connectivity index (χ0n) is 13.2. The molecule has 1 saturated heterocycles. The van der Waals surface area contributed by atoms with Crippen LogP contribution in [-0.2, 0) is 0 Å². The summed E-state index contributed by atoms with van der Waals surface area (Å²) < 4.78 is 0. The van der Waals surface area contributed by atoms with Gasteiger partial charge in [0.1, 0.15) is 5.69 Å². The van der Waals surface area contributed by atoms with Crippen LogP contribution < -0.4 is 9.80 Å². The van der Waals surface area contributed by atoms with E-state index in [-0.39, 0.29) is 5.91 Å². The molecule has 1 aliphatic heterocycles. The fourth-order valence-corrected chi connectivity index (χ4v) is 3.60. The van der Waals surface area contributed by atoms with Gasteiger partial charge in [-0.05, 0) is 18.2 Å². The molecule has 23 heavy (non-hydrogen) atoms. The maximum absolute atomic E-state index is 11.9. The highest BCUT2D eigenvalue weighted by molar-refractivity contribution is 7.13. The minimum atomic E-state index is -0.0509. The highest BCUT2D eigenvalue weighted by Crippen LogP contribution is 2.25. The summed E-state index contributed by atoms with van der Waals surface area (Å²) in [6, 6.07) is 7.94. The predicted octanol–water partition coefficient (Wildman–Crippen LogP) is 2.82. The van der Waals surface area contributed by atoms with Crippen molar-refractivity contribution in [1.82, 2.24) is 9.88 Å². The van der Waals surface area contributed by atoms with Gasteiger partial charge >= 0.3 is 0 Å². The van der Waals surface area contributed by atoms with Crippen molar-refractivity contribution in [2.45, 2.75) is 0 Å². The Bertz CT molecular complexity index is 695. The van der Waals surface area contributed by atoms with E-state index >= 15 is 0 Å². The van der Waals surface area contributed by atoms with Gasteiger partial charge in [-0.1, -0.05) is 17.7 Å². The number of rotatable bonds is 3. The van der Waals surface area contributed by atoms with Gasteiger partial charge in [-0.15, -0.1) is 11.3 Å². The number of amides is 1. The molecular weight excluding hydrogens is 332 g/mol. The number of piperazine rings is 1. The predicted molar refractivity (Wildman–Crippen MR) is 96.0 cm³/mol. The lowest BCUT2D eigenvalue weighted by atomic mass is 10.2. The number of hydrogen-bond donors (Lipinski definition) is 0. The first-order chi connectivity index (χ1) is 11.0. The maximum atomic E-state index is 11.9. The van der Waals surface area contributed by atoms with E-state index in [0.717, 1.165) is 42.0 Å². The topological polar surface area (TPSA) is 39.7 Å². The summed E-state index contributed by atoms with van der Waals surface area (Å²) in [6.45, 7) is 3.60. The van der Waals surface area contributed by atoms with Crippen LogP contribution in [0.4, 0.5) is 10.8 Å². The molecule has 0 N–H and O–H groups in total. The third-order valence-corrected chi connectivity index (χ3v) is 4.98. The van der Waals surface area contributed by atoms with Crippen LogP contribution in [-0.4, -0.2) is 56.1 Å². The third kappa shape index (κ3) is 3.59. The van der Waals surface area contributed by atoms with Gasteiger partial charge in [-0.2, -0.15) is 0 Å². The van der Waals surface area contributed by atoms with Gasteiger partial charge in [-0.25, -0.2) is 4.98 Å². The normalized spacial score (nSPS) is 14.9. The van der Waals surface area contributed by atoms with E-state index in [1.54, 1.807) is 19.0 Å². The van der Waals surface area contributed by atoms with Crippen LogP contribution in [0.15, 0.2) is 29.6 Å². The molecule has 0 aliphatic carbocycles. The molecule has 5 nitrogen and oxygen atoms in total. The number of hydrogen-bond acceptors (Lipinski definition) is 5. The van der Waals surface area contributed by atoms with Crippen molar-refractivity contribution in [2.75, 3.05) is 50.1 Å². The molecule has 0 radical (unpaired) electrons. The summed E-state index contributed by atoms with van der Waals surface area (Å²) in [5.41, 5.74) is 1.67. The van der Waals surface area contributed by atoms with Crippen LogP contribution >= 0.6 is 22.9 Å². The fraction of sp³-hybridized carbons (Fsp3) is 0.375. The SMILES string of the molecule is CN(C)C(=O)c1csc(N2CCN(c3cccc(Cl)c3)CC2)n1. The van der Waals surface area contributed by atoms with E-state index in [4.69, 9.17) is 11.6 Å². The molecule has 0 unspecified atom stereocenters. The number of benzene rings is 1. The standard InChI is InChI=1S/C16H19ClN4OS/c1-19(2)15(22)14-11-23-16(18-14)21-8-6-20(7-9-21)13-5-3-4-12(17)10-13/h3-5,10-11H,6-9H2,1-2H3. The Kier molecular flexibility index (Phi) is 4.73. The Hall–Kier alpha value is -1.79. The largest absolute Gasteiger partial charge is 0.368 e. The molecule has 7 heteroatoms. The van der Waals surface area contributed by atoms with Crippen LogP contribution in [0.25, 0.3) is 0 Å². The van der Waals surface area contributed by atoms with Gasteiger partial charge in [0.05, 0.1) is 0 Å². The van der Waals surface area contributed by atoms with Gasteiger partial charge in [0.25, 0.3) is 5.91 Å². The summed E-state index contributed by atoms with van der Waals surface area (Å²) in [6.07, 6.45) is 0. The Balaban J connectivity index is 1.64. The molecule has 122 valence electrons. The first-order valence-corrected chi connectivity index (χ1v) is 8.73. The Morgan fingerprint density at radius 3 is 2.57 bits per heavy atom. The first-order valence-electron chi connectivity index (χ1n) is 7.47. The van der Waals surface area contributed by atoms with Crippen molar-refractivity contribution in [2.24, 2.45) is 0 Å². The minimum absolute atomic E-state index is 0.0509. The van der Waals surface area contributed by atoms with Crippen molar-refractivity contribution in [1.29, 1.82) is 0 Å². The molecule has 1 aromatic carbocycles. The zero-order chi connectivity index (χ0) is 16.4. The van der Waals surface area contributed by atoms with Gasteiger partial charge in [0.15, 0.2) is 5.13 Å². The van der Waals surface area contributed by atoms with Crippen molar-refractivity contribution >= 4 is 39.7 Å². The quantitative estimate of drug-likeness (QED) is 0.853. The Morgan fingerprint density at radius 2 is 1.91 bits per heavy atom. The van der Waals surface area contributed by atoms with Crippen LogP contribution in [0.1, 0.15) is 10.5 Å². The maximum Gasteiger partial charge on any atom is 0.272 e. The summed E-state index contributed by atoms with van der Waals surface area (Å²) in [5.74, 6) is -0.0509. The lowest BCUT2D eigenvalue weighted by Gasteiger charge is -2.36. The molecule has 1 aliphatic rings. The highest BCUT2D eigenvalue weighted by Gasteiger charge is 2.21. The minimum Gasteiger partial charge on any atom is -0.368 e. The van der Waals surface area contributed by atoms with Gasteiger partial charge in [0, 0.05) is 56.4 Å². The molecular formula is C16H19ClN4OS. The third-order valence-electron chi connectivity index (χ3n) is 3.84. The average Bonchev–Trinajstić information content (AvgIpc) is 3.04. The van der Waals surface area contributed by atoms with Crippen LogP contribution in [0.5, 0.6) is 0 Å². The van der Waals surface area contributed by atoms with Crippen LogP contribution in [0.3, 0.4) is 0 Å². The van der Waals surface area contributed by atoms with Crippen molar-refractivity contribution in [3.63, 3.8) is 0 Å². The molecule has 1 aromatic heterocycles. The highest BCUT2D eigenvalue weighted by atomic mass is 35.5. The summed E-state index contributed by atoms with van der Waals surface area (Å²) in [4.78, 5) is 22.5. The average molecular weight is 351 g/mol. The van der Waals surface area contributed by atoms with E-state index in [1.165, 1.54) is 11.3 Å². The number of carbonyl (C=O) groups excluding carboxylic acids is 1. The molecule has 0 atom stereocenters. The summed E-state index contributed by atoms with van der Waals surface area (Å²) >= 11 is 7.59. The molecule has 0 bridgehead atoms. The zero-order valence-corrected chi connectivity index (χ0v) is 14.8. The molecule has 2 aromatic rings. The van der Waals surface area contributed by atoms with Crippen LogP contribution in [0.2, 0.25) is 5.02 Å². The number of anilines is 2. The lowest BCUT2D eigenvalue weighted by Crippen LogP contribution is -2.46. The van der Waals surface area contributed by atoms with Crippen molar-refractivity contribution < 1.29 is 4.79 Å². The van der Waals surface area contributed by atoms with E-state index < -0.39 is 0 Å². The number of carbonyl (C=O) groups is 1. The Morgan fingerprint density at radius 1 is 1.22 bits per heavy atom. The van der Waals surface area contributed by atoms with Gasteiger partial charge in [0.2, 0.25) is 0 Å². The van der Waals surface area contributed by atoms with E-state index in [2.05, 4.69) is 20.9 Å². The fourth-order valence-electron chi connectivity index (χ4n) is 2.57. The molecule has 1 fully saturated rings. The summed E-state index contributed by atoms with van der Waals surface area (Å²) in [5, 5.41) is 3.51. The van der Waals surface area contributed by atoms with Gasteiger partial charge in [-0.3, -0.25) is 4.79 Å². The number of halogens is 1. The van der Waals surface area contributed by atoms with Crippen molar-refractivity contribution in [3.8, 4) is 0 Å². The smallest absolute Gasteiger partial charge is 0.272 e. The van der Waals surface area contributed by atoms with Crippen LogP contribution in [0, 0.1) is 0 Å². The monoisotopic (exact) mass is 350 g/mol. The molecule has 1 amide bonds. The molecule has 0 saturated carbocycles. The van der Waals surface area contributed by atoms with E-state index in [9.17, 15) is 4.79 Å².